The molecule has 0 aliphatic heterocycles. The monoisotopic (exact) mass is 1150 g/mol. The van der Waals surface area contributed by atoms with Gasteiger partial charge in [0.05, 0.1) is 0 Å². The van der Waals surface area contributed by atoms with Crippen LogP contribution in [0.5, 0.6) is 0 Å². The molecule has 0 aromatic carbocycles. The summed E-state index contributed by atoms with van der Waals surface area (Å²) in [6.45, 7) is 6.67. The van der Waals surface area contributed by atoms with Gasteiger partial charge in [0.1, 0.15) is 13.2 Å². The summed E-state index contributed by atoms with van der Waals surface area (Å²) >= 11 is 0. The van der Waals surface area contributed by atoms with Crippen LogP contribution in [-0.2, 0) is 28.6 Å². The van der Waals surface area contributed by atoms with Crippen molar-refractivity contribution in [1.29, 1.82) is 0 Å². The zero-order chi connectivity index (χ0) is 59.2. The molecule has 0 amide bonds. The van der Waals surface area contributed by atoms with Gasteiger partial charge in [0, 0.05) is 19.3 Å². The zero-order valence-electron chi connectivity index (χ0n) is 55.3. The molecular weight excluding hydrogens is 1010 g/mol. The highest BCUT2D eigenvalue weighted by molar-refractivity contribution is 5.71. The molecule has 0 aliphatic carbocycles. The fourth-order valence-corrected chi connectivity index (χ4v) is 11.0. The standard InChI is InChI=1S/C76H140O6/c1-4-7-10-13-16-19-22-25-27-29-31-33-35-36-37-38-39-41-42-44-46-48-51-54-57-60-63-66-69-75(78)81-72-73(71-80-74(77)68-65-62-59-56-53-50-24-21-18-15-12-9-6-3)82-76(79)70-67-64-61-58-55-52-49-47-45-43-40-34-32-30-28-26-23-20-17-14-11-8-5-2/h21,23-24,26,30,32,40,43,73H,4-20,22,25,27-29,31,33-39,41-42,44-72H2,1-3H3/b24-21-,26-23-,32-30-,43-40-. The molecule has 1 atom stereocenters. The van der Waals surface area contributed by atoms with E-state index >= 15 is 0 Å². The van der Waals surface area contributed by atoms with E-state index in [-0.39, 0.29) is 31.1 Å². The van der Waals surface area contributed by atoms with Crippen molar-refractivity contribution >= 4 is 17.9 Å². The third-order valence-corrected chi connectivity index (χ3v) is 16.6. The molecule has 0 saturated heterocycles. The van der Waals surface area contributed by atoms with Gasteiger partial charge in [-0.05, 0) is 83.5 Å². The van der Waals surface area contributed by atoms with Gasteiger partial charge < -0.3 is 14.2 Å². The van der Waals surface area contributed by atoms with Crippen LogP contribution >= 0.6 is 0 Å². The van der Waals surface area contributed by atoms with Crippen molar-refractivity contribution in [2.24, 2.45) is 0 Å². The molecule has 82 heavy (non-hydrogen) atoms. The molecule has 1 unspecified atom stereocenters. The van der Waals surface area contributed by atoms with E-state index in [1.807, 2.05) is 0 Å². The maximum absolute atomic E-state index is 13.0. The van der Waals surface area contributed by atoms with Gasteiger partial charge in [-0.15, -0.1) is 0 Å². The van der Waals surface area contributed by atoms with Crippen molar-refractivity contribution in [3.63, 3.8) is 0 Å². The SMILES string of the molecule is CCCCCC/C=C\CCCCCCCC(=O)OCC(COC(=O)CCCCCCCCCCCCCCCCCCCCCCCCCCCCCC)OC(=O)CCCCCCCCCC/C=C\C/C=C\C/C=C\CCCCCCC. The van der Waals surface area contributed by atoms with Crippen molar-refractivity contribution < 1.29 is 28.6 Å². The fourth-order valence-electron chi connectivity index (χ4n) is 11.0. The lowest BCUT2D eigenvalue weighted by Crippen LogP contribution is -2.30. The van der Waals surface area contributed by atoms with Crippen molar-refractivity contribution in [2.75, 3.05) is 13.2 Å². The Bertz CT molecular complexity index is 1410. The van der Waals surface area contributed by atoms with Gasteiger partial charge in [0.2, 0.25) is 0 Å². The summed E-state index contributed by atoms with van der Waals surface area (Å²) < 4.78 is 17.0. The summed E-state index contributed by atoms with van der Waals surface area (Å²) in [5.74, 6) is -0.865. The van der Waals surface area contributed by atoms with E-state index in [4.69, 9.17) is 14.2 Å². The van der Waals surface area contributed by atoms with Crippen LogP contribution in [0.15, 0.2) is 48.6 Å². The number of hydrogen-bond acceptors (Lipinski definition) is 6. The van der Waals surface area contributed by atoms with Crippen LogP contribution < -0.4 is 0 Å². The topological polar surface area (TPSA) is 78.9 Å². The molecule has 0 aromatic heterocycles. The van der Waals surface area contributed by atoms with E-state index in [2.05, 4.69) is 69.4 Å². The molecule has 0 saturated carbocycles. The number of ether oxygens (including phenoxy) is 3. The normalized spacial score (nSPS) is 12.3. The van der Waals surface area contributed by atoms with Gasteiger partial charge in [-0.3, -0.25) is 14.4 Å². The first kappa shape index (κ1) is 79.4. The van der Waals surface area contributed by atoms with Crippen LogP contribution in [0.3, 0.4) is 0 Å². The van der Waals surface area contributed by atoms with Crippen LogP contribution in [0.1, 0.15) is 400 Å². The Morgan fingerprint density at radius 1 is 0.244 bits per heavy atom. The Kier molecular flexibility index (Phi) is 68.6. The lowest BCUT2D eigenvalue weighted by atomic mass is 10.0. The summed E-state index contributed by atoms with van der Waals surface area (Å²) in [5, 5.41) is 0. The molecule has 480 valence electrons. The number of carbonyl (C=O) groups is 3. The highest BCUT2D eigenvalue weighted by Crippen LogP contribution is 2.19. The minimum atomic E-state index is -0.781. The average Bonchev–Trinajstić information content (AvgIpc) is 3.47. The van der Waals surface area contributed by atoms with Crippen LogP contribution in [0.2, 0.25) is 0 Å². The summed E-state index contributed by atoms with van der Waals surface area (Å²) in [4.78, 5) is 38.4. The van der Waals surface area contributed by atoms with Gasteiger partial charge in [-0.2, -0.15) is 0 Å². The lowest BCUT2D eigenvalue weighted by molar-refractivity contribution is -0.167. The van der Waals surface area contributed by atoms with Crippen LogP contribution in [0.4, 0.5) is 0 Å². The Morgan fingerprint density at radius 3 is 0.707 bits per heavy atom. The van der Waals surface area contributed by atoms with E-state index in [1.54, 1.807) is 0 Å². The summed E-state index contributed by atoms with van der Waals surface area (Å²) in [6.07, 6.45) is 90.1. The van der Waals surface area contributed by atoms with Gasteiger partial charge in [0.25, 0.3) is 0 Å². The van der Waals surface area contributed by atoms with E-state index in [0.29, 0.717) is 19.3 Å². The molecule has 0 N–H and O–H groups in total. The second kappa shape index (κ2) is 70.9. The van der Waals surface area contributed by atoms with Crippen LogP contribution in [0, 0.1) is 0 Å². The Labute approximate surface area is 511 Å². The van der Waals surface area contributed by atoms with Gasteiger partial charge in [-0.25, -0.2) is 0 Å². The molecule has 0 rings (SSSR count). The molecule has 0 fully saturated rings. The predicted octanol–water partition coefficient (Wildman–Crippen LogP) is 25.3. The van der Waals surface area contributed by atoms with Gasteiger partial charge in [0.15, 0.2) is 6.10 Å². The average molecular weight is 1150 g/mol. The third kappa shape index (κ3) is 68.2. The summed E-state index contributed by atoms with van der Waals surface area (Å²) in [7, 11) is 0. The zero-order valence-corrected chi connectivity index (χ0v) is 55.3. The predicted molar refractivity (Wildman–Crippen MR) is 358 cm³/mol. The van der Waals surface area contributed by atoms with E-state index < -0.39 is 6.10 Å². The second-order valence-electron chi connectivity index (χ2n) is 24.9. The highest BCUT2D eigenvalue weighted by Gasteiger charge is 2.19. The number of esters is 3. The number of allylic oxidation sites excluding steroid dienone is 8. The minimum absolute atomic E-state index is 0.0748. The number of rotatable bonds is 68. The van der Waals surface area contributed by atoms with Crippen molar-refractivity contribution in [2.45, 2.75) is 406 Å². The number of carbonyl (C=O) groups excluding carboxylic acids is 3. The Morgan fingerprint density at radius 2 is 0.439 bits per heavy atom. The molecule has 0 aliphatic rings. The van der Waals surface area contributed by atoms with Crippen molar-refractivity contribution in [3.8, 4) is 0 Å². The molecule has 6 heteroatoms. The molecule has 0 bridgehead atoms. The molecule has 0 radical (unpaired) electrons. The van der Waals surface area contributed by atoms with E-state index in [0.717, 1.165) is 83.5 Å². The molecule has 0 heterocycles. The Hall–Kier alpha value is -2.63. The Balaban J connectivity index is 4.22. The van der Waals surface area contributed by atoms with E-state index in [9.17, 15) is 14.4 Å². The lowest BCUT2D eigenvalue weighted by Gasteiger charge is -2.18. The fraction of sp³-hybridized carbons (Fsp3) is 0.855. The molecule has 6 nitrogen and oxygen atoms in total. The second-order valence-corrected chi connectivity index (χ2v) is 24.9. The summed E-state index contributed by atoms with van der Waals surface area (Å²) in [6, 6.07) is 0. The maximum Gasteiger partial charge on any atom is 0.306 e. The molecule has 0 aromatic rings. The van der Waals surface area contributed by atoms with Gasteiger partial charge >= 0.3 is 17.9 Å². The first-order valence-electron chi connectivity index (χ1n) is 36.6. The van der Waals surface area contributed by atoms with E-state index in [1.165, 1.54) is 276 Å². The smallest absolute Gasteiger partial charge is 0.306 e. The van der Waals surface area contributed by atoms with Crippen molar-refractivity contribution in [1.82, 2.24) is 0 Å². The van der Waals surface area contributed by atoms with Gasteiger partial charge in [-0.1, -0.05) is 345 Å². The van der Waals surface area contributed by atoms with Crippen molar-refractivity contribution in [3.05, 3.63) is 48.6 Å². The largest absolute Gasteiger partial charge is 0.462 e. The minimum Gasteiger partial charge on any atom is -0.462 e. The maximum atomic E-state index is 13.0. The number of unbranched alkanes of at least 4 members (excludes halogenated alkanes) is 49. The first-order chi connectivity index (χ1) is 40.5. The third-order valence-electron chi connectivity index (χ3n) is 16.6. The molecule has 0 spiro atoms. The quantitative estimate of drug-likeness (QED) is 0.0261. The summed E-state index contributed by atoms with van der Waals surface area (Å²) in [5.41, 5.74) is 0. The van der Waals surface area contributed by atoms with Crippen LogP contribution in [0.25, 0.3) is 0 Å². The highest BCUT2D eigenvalue weighted by atomic mass is 16.6. The number of hydrogen-bond donors (Lipinski definition) is 0. The first-order valence-corrected chi connectivity index (χ1v) is 36.6. The molecular formula is C76H140O6. The van der Waals surface area contributed by atoms with Crippen LogP contribution in [-0.4, -0.2) is 37.2 Å².